The smallest absolute Gasteiger partial charge is 0.387 e. The molecular formula is C30H26F2N2O6S. The van der Waals surface area contributed by atoms with E-state index in [1.54, 1.807) is 54.0 Å². The molecule has 41 heavy (non-hydrogen) atoms. The molecule has 11 heteroatoms. The number of benzene rings is 3. The Bertz CT molecular complexity index is 1880. The molecule has 0 spiro atoms. The number of rotatable bonds is 7. The van der Waals surface area contributed by atoms with Gasteiger partial charge in [0, 0.05) is 30.4 Å². The number of carbonyl (C=O) groups is 1. The molecule has 0 bridgehead atoms. The van der Waals surface area contributed by atoms with Crippen LogP contribution in [0.1, 0.15) is 58.9 Å². The lowest BCUT2D eigenvalue weighted by Gasteiger charge is -2.21. The van der Waals surface area contributed by atoms with Crippen LogP contribution < -0.4 is 10.2 Å². The first-order chi connectivity index (χ1) is 19.5. The Labute approximate surface area is 234 Å². The number of pyridine rings is 1. The summed E-state index contributed by atoms with van der Waals surface area (Å²) in [5.74, 6) is -1.63. The summed E-state index contributed by atoms with van der Waals surface area (Å²) in [6.07, 6.45) is 2.61. The molecule has 212 valence electrons. The number of fused-ring (bicyclic) bond motifs is 2. The fraction of sp³-hybridized carbons (Fsp3) is 0.267. The van der Waals surface area contributed by atoms with Crippen LogP contribution in [0.15, 0.2) is 70.5 Å². The Balaban J connectivity index is 1.48. The van der Waals surface area contributed by atoms with Gasteiger partial charge in [0.25, 0.3) is 0 Å². The minimum atomic E-state index is -3.80. The van der Waals surface area contributed by atoms with Crippen LogP contribution in [0, 0.1) is 6.92 Å². The molecule has 1 unspecified atom stereocenters. The normalized spacial score (nSPS) is 17.2. The zero-order valence-corrected chi connectivity index (χ0v) is 23.0. The standard InChI is InChI=1S/C30H26F2N2O6S/c1-16-3-8-21(9-4-16)41(38,39)34-14-19-13-18(5-10-22(19)17(34)2)23-11-12-24-26(28(23)40-30(31)32)33(20-6-7-20)15-25(27(24)35)29(36)37/h3-5,8-13,15,17,20,30H,6-7,14H2,1-2H3,(H,36,37). The molecule has 2 heterocycles. The summed E-state index contributed by atoms with van der Waals surface area (Å²) in [4.78, 5) is 24.9. The topological polar surface area (TPSA) is 106 Å². The molecule has 6 rings (SSSR count). The summed E-state index contributed by atoms with van der Waals surface area (Å²) in [5, 5.41) is 9.54. The Morgan fingerprint density at radius 2 is 1.78 bits per heavy atom. The Kier molecular flexibility index (Phi) is 6.46. The van der Waals surface area contributed by atoms with Gasteiger partial charge in [-0.3, -0.25) is 4.79 Å². The predicted molar refractivity (Wildman–Crippen MR) is 148 cm³/mol. The van der Waals surface area contributed by atoms with Gasteiger partial charge in [-0.2, -0.15) is 13.1 Å². The van der Waals surface area contributed by atoms with Crippen molar-refractivity contribution in [3.63, 3.8) is 0 Å². The van der Waals surface area contributed by atoms with Crippen molar-refractivity contribution in [2.75, 3.05) is 0 Å². The zero-order valence-electron chi connectivity index (χ0n) is 22.2. The van der Waals surface area contributed by atoms with E-state index >= 15 is 0 Å². The fourth-order valence-corrected chi connectivity index (χ4v) is 7.15. The van der Waals surface area contributed by atoms with Crippen molar-refractivity contribution in [2.24, 2.45) is 0 Å². The first kappa shape index (κ1) is 27.1. The number of carboxylic acids is 1. The maximum absolute atomic E-state index is 13.8. The first-order valence-electron chi connectivity index (χ1n) is 13.1. The van der Waals surface area contributed by atoms with Crippen LogP contribution in [0.3, 0.4) is 0 Å². The largest absolute Gasteiger partial charge is 0.477 e. The van der Waals surface area contributed by atoms with E-state index in [0.717, 1.165) is 16.7 Å². The summed E-state index contributed by atoms with van der Waals surface area (Å²) in [7, 11) is -3.80. The van der Waals surface area contributed by atoms with E-state index in [-0.39, 0.29) is 39.7 Å². The Morgan fingerprint density at radius 1 is 1.07 bits per heavy atom. The molecule has 0 radical (unpaired) electrons. The van der Waals surface area contributed by atoms with E-state index in [0.29, 0.717) is 18.4 Å². The Morgan fingerprint density at radius 3 is 2.41 bits per heavy atom. The molecule has 1 fully saturated rings. The molecule has 4 aromatic rings. The highest BCUT2D eigenvalue weighted by Crippen LogP contribution is 2.45. The lowest BCUT2D eigenvalue weighted by molar-refractivity contribution is -0.0486. The molecule has 0 saturated heterocycles. The maximum atomic E-state index is 13.8. The van der Waals surface area contributed by atoms with Gasteiger partial charge in [0.2, 0.25) is 15.5 Å². The van der Waals surface area contributed by atoms with Crippen molar-refractivity contribution in [1.29, 1.82) is 0 Å². The van der Waals surface area contributed by atoms with Gasteiger partial charge in [-0.15, -0.1) is 0 Å². The van der Waals surface area contributed by atoms with Crippen molar-refractivity contribution < 1.29 is 31.8 Å². The van der Waals surface area contributed by atoms with Gasteiger partial charge < -0.3 is 14.4 Å². The van der Waals surface area contributed by atoms with Crippen molar-refractivity contribution in [3.8, 4) is 16.9 Å². The van der Waals surface area contributed by atoms with Gasteiger partial charge in [-0.25, -0.2) is 13.2 Å². The van der Waals surface area contributed by atoms with Crippen LogP contribution in [-0.2, 0) is 16.6 Å². The highest BCUT2D eigenvalue weighted by atomic mass is 32.2. The molecule has 1 aromatic heterocycles. The van der Waals surface area contributed by atoms with Crippen molar-refractivity contribution >= 4 is 26.9 Å². The second kappa shape index (κ2) is 9.78. The maximum Gasteiger partial charge on any atom is 0.387 e. The van der Waals surface area contributed by atoms with Gasteiger partial charge in [-0.1, -0.05) is 29.8 Å². The van der Waals surface area contributed by atoms with E-state index in [4.69, 9.17) is 4.74 Å². The third-order valence-corrected chi connectivity index (χ3v) is 9.75. The summed E-state index contributed by atoms with van der Waals surface area (Å²) in [5.41, 5.74) is 2.12. The van der Waals surface area contributed by atoms with Crippen LogP contribution in [0.4, 0.5) is 8.78 Å². The third-order valence-electron chi connectivity index (χ3n) is 7.81. The van der Waals surface area contributed by atoms with Gasteiger partial charge >= 0.3 is 12.6 Å². The molecule has 1 aliphatic heterocycles. The third kappa shape index (κ3) is 4.58. The van der Waals surface area contributed by atoms with Crippen LogP contribution in [0.25, 0.3) is 22.0 Å². The molecule has 8 nitrogen and oxygen atoms in total. The molecular weight excluding hydrogens is 554 g/mol. The minimum Gasteiger partial charge on any atom is -0.477 e. The highest BCUT2D eigenvalue weighted by Gasteiger charge is 2.37. The quantitative estimate of drug-likeness (QED) is 0.293. The van der Waals surface area contributed by atoms with Crippen LogP contribution >= 0.6 is 0 Å². The van der Waals surface area contributed by atoms with Gasteiger partial charge in [0.15, 0.2) is 5.75 Å². The number of aryl methyl sites for hydroxylation is 1. The number of hydrogen-bond donors (Lipinski definition) is 1. The lowest BCUT2D eigenvalue weighted by atomic mass is 9.96. The number of ether oxygens (including phenoxy) is 1. The number of alkyl halides is 2. The van der Waals surface area contributed by atoms with Gasteiger partial charge in [0.1, 0.15) is 5.56 Å². The molecule has 1 saturated carbocycles. The van der Waals surface area contributed by atoms with Crippen molar-refractivity contribution in [1.82, 2.24) is 8.87 Å². The number of carboxylic acid groups (broad SMARTS) is 1. The second-order valence-electron chi connectivity index (χ2n) is 10.5. The second-order valence-corrected chi connectivity index (χ2v) is 12.4. The fourth-order valence-electron chi connectivity index (χ4n) is 5.56. The van der Waals surface area contributed by atoms with E-state index in [1.165, 1.54) is 22.6 Å². The van der Waals surface area contributed by atoms with Crippen LogP contribution in [0.5, 0.6) is 5.75 Å². The lowest BCUT2D eigenvalue weighted by Crippen LogP contribution is -2.28. The number of hydrogen-bond acceptors (Lipinski definition) is 5. The van der Waals surface area contributed by atoms with E-state index < -0.39 is 39.6 Å². The summed E-state index contributed by atoms with van der Waals surface area (Å²) < 4.78 is 62.4. The van der Waals surface area contributed by atoms with Crippen LogP contribution in [0.2, 0.25) is 0 Å². The number of sulfonamides is 1. The molecule has 1 N–H and O–H groups in total. The molecule has 2 aliphatic rings. The SMILES string of the molecule is Cc1ccc(S(=O)(=O)N2Cc3cc(-c4ccc5c(=O)c(C(=O)O)cn(C6CC6)c5c4OC(F)F)ccc3C2C)cc1. The van der Waals surface area contributed by atoms with Gasteiger partial charge in [0.05, 0.1) is 15.8 Å². The van der Waals surface area contributed by atoms with Crippen molar-refractivity contribution in [3.05, 3.63) is 93.3 Å². The van der Waals surface area contributed by atoms with Gasteiger partial charge in [-0.05, 0) is 73.7 Å². The average Bonchev–Trinajstić information content (AvgIpc) is 3.71. The summed E-state index contributed by atoms with van der Waals surface area (Å²) >= 11 is 0. The molecule has 0 amide bonds. The number of halogens is 2. The van der Waals surface area contributed by atoms with Crippen molar-refractivity contribution in [2.45, 2.75) is 56.8 Å². The van der Waals surface area contributed by atoms with E-state index in [9.17, 15) is 31.9 Å². The predicted octanol–water partition coefficient (Wildman–Crippen LogP) is 5.88. The van der Waals surface area contributed by atoms with E-state index in [2.05, 4.69) is 0 Å². The van der Waals surface area contributed by atoms with Crippen LogP contribution in [-0.4, -0.2) is 35.0 Å². The molecule has 1 atom stereocenters. The first-order valence-corrected chi connectivity index (χ1v) is 14.5. The highest BCUT2D eigenvalue weighted by molar-refractivity contribution is 7.89. The molecule has 3 aromatic carbocycles. The zero-order chi connectivity index (χ0) is 29.2. The summed E-state index contributed by atoms with van der Waals surface area (Å²) in [6, 6.07) is 14.2. The number of aromatic nitrogens is 1. The van der Waals surface area contributed by atoms with E-state index in [1.807, 2.05) is 6.92 Å². The Hall–Kier alpha value is -4.09. The summed E-state index contributed by atoms with van der Waals surface area (Å²) in [6.45, 7) is 0.562. The minimum absolute atomic E-state index is 0.0265. The number of nitrogens with zero attached hydrogens (tertiary/aromatic N) is 2. The monoisotopic (exact) mass is 580 g/mol. The number of aromatic carboxylic acids is 1. The average molecular weight is 581 g/mol. The molecule has 1 aliphatic carbocycles.